The molecule has 0 aliphatic carbocycles. The van der Waals surface area contributed by atoms with Crippen LogP contribution in [-0.4, -0.2) is 24.3 Å². The second kappa shape index (κ2) is 5.66. The van der Waals surface area contributed by atoms with Crippen molar-refractivity contribution in [2.75, 3.05) is 0 Å². The molecule has 21 heavy (non-hydrogen) atoms. The second-order valence-electron chi connectivity index (χ2n) is 5.01. The van der Waals surface area contributed by atoms with Crippen LogP contribution >= 0.6 is 23.2 Å². The maximum atomic E-state index is 6.24. The third kappa shape index (κ3) is 2.89. The molecule has 0 aliphatic heterocycles. The number of imidazole rings is 1. The van der Waals surface area contributed by atoms with Gasteiger partial charge < -0.3 is 4.57 Å². The van der Waals surface area contributed by atoms with E-state index in [1.807, 2.05) is 32.4 Å². The highest BCUT2D eigenvalue weighted by Gasteiger charge is 2.16. The highest BCUT2D eigenvalue weighted by atomic mass is 35.5. The van der Waals surface area contributed by atoms with Gasteiger partial charge in [0.1, 0.15) is 11.3 Å². The predicted molar refractivity (Wildman–Crippen MR) is 83.7 cm³/mol. The van der Waals surface area contributed by atoms with E-state index in [0.29, 0.717) is 5.02 Å². The van der Waals surface area contributed by atoms with Crippen LogP contribution in [0.1, 0.15) is 23.7 Å². The van der Waals surface area contributed by atoms with Crippen LogP contribution in [0.4, 0.5) is 0 Å². The summed E-state index contributed by atoms with van der Waals surface area (Å²) >= 11 is 12.2. The Kier molecular flexibility index (Phi) is 3.87. The van der Waals surface area contributed by atoms with Gasteiger partial charge in [-0.05, 0) is 25.0 Å². The summed E-state index contributed by atoms with van der Waals surface area (Å²) in [5, 5.41) is 4.57. The summed E-state index contributed by atoms with van der Waals surface area (Å²) in [5.41, 5.74) is 2.75. The molecular weight excluding hydrogens is 309 g/mol. The molecule has 1 unspecified atom stereocenters. The molecule has 0 aromatic carbocycles. The van der Waals surface area contributed by atoms with Crippen molar-refractivity contribution in [3.8, 4) is 0 Å². The number of aromatic nitrogens is 5. The summed E-state index contributed by atoms with van der Waals surface area (Å²) in [6.45, 7) is 2.66. The third-order valence-electron chi connectivity index (χ3n) is 3.32. The number of hydrogen-bond donors (Lipinski definition) is 0. The molecular formula is C14H15Cl2N5. The molecule has 5 nitrogen and oxygen atoms in total. The highest BCUT2D eigenvalue weighted by Crippen LogP contribution is 2.25. The van der Waals surface area contributed by atoms with Gasteiger partial charge in [0.2, 0.25) is 0 Å². The van der Waals surface area contributed by atoms with E-state index < -0.39 is 0 Å². The standard InChI is InChI=1S/C14H15Cl2N5/c1-9(15)13-19-12-5-11(16)7-17-14(12)21(13)4-3-10-6-18-20(2)8-10/h5-9H,3-4H2,1-2H3. The van der Waals surface area contributed by atoms with Gasteiger partial charge in [-0.15, -0.1) is 11.6 Å². The Bertz CT molecular complexity index is 775. The molecule has 0 spiro atoms. The largest absolute Gasteiger partial charge is 0.311 e. The first-order valence-electron chi connectivity index (χ1n) is 6.68. The van der Waals surface area contributed by atoms with E-state index in [-0.39, 0.29) is 5.38 Å². The Balaban J connectivity index is 1.97. The lowest BCUT2D eigenvalue weighted by Gasteiger charge is -2.09. The van der Waals surface area contributed by atoms with Gasteiger partial charge in [0.05, 0.1) is 16.6 Å². The fourth-order valence-corrected chi connectivity index (χ4v) is 2.69. The lowest BCUT2D eigenvalue weighted by Crippen LogP contribution is -2.07. The quantitative estimate of drug-likeness (QED) is 0.692. The molecule has 0 radical (unpaired) electrons. The first-order valence-corrected chi connectivity index (χ1v) is 7.49. The van der Waals surface area contributed by atoms with Crippen LogP contribution in [0, 0.1) is 0 Å². The lowest BCUT2D eigenvalue weighted by atomic mass is 10.2. The van der Waals surface area contributed by atoms with Crippen molar-refractivity contribution >= 4 is 34.4 Å². The van der Waals surface area contributed by atoms with Crippen molar-refractivity contribution in [1.29, 1.82) is 0 Å². The van der Waals surface area contributed by atoms with Crippen LogP contribution < -0.4 is 0 Å². The van der Waals surface area contributed by atoms with E-state index in [1.165, 1.54) is 5.56 Å². The highest BCUT2D eigenvalue weighted by molar-refractivity contribution is 6.31. The number of aryl methyl sites for hydroxylation is 3. The maximum Gasteiger partial charge on any atom is 0.160 e. The Hall–Kier alpha value is -1.59. The number of nitrogens with zero attached hydrogens (tertiary/aromatic N) is 5. The van der Waals surface area contributed by atoms with Crippen LogP contribution in [0.2, 0.25) is 5.02 Å². The fraction of sp³-hybridized carbons (Fsp3) is 0.357. The molecule has 3 aromatic rings. The maximum absolute atomic E-state index is 6.24. The van der Waals surface area contributed by atoms with Gasteiger partial charge in [-0.2, -0.15) is 5.10 Å². The SMILES string of the molecule is CC(Cl)c1nc2cc(Cl)cnc2n1CCc1cnn(C)c1. The van der Waals surface area contributed by atoms with Gasteiger partial charge in [-0.25, -0.2) is 9.97 Å². The second-order valence-corrected chi connectivity index (χ2v) is 6.10. The average Bonchev–Trinajstić information content (AvgIpc) is 2.99. The van der Waals surface area contributed by atoms with Gasteiger partial charge in [0.25, 0.3) is 0 Å². The zero-order chi connectivity index (χ0) is 15.0. The van der Waals surface area contributed by atoms with Gasteiger partial charge >= 0.3 is 0 Å². The minimum atomic E-state index is -0.188. The summed E-state index contributed by atoms with van der Waals surface area (Å²) in [6.07, 6.45) is 6.36. The Morgan fingerprint density at radius 2 is 2.14 bits per heavy atom. The molecule has 1 atom stereocenters. The molecule has 0 saturated carbocycles. The molecule has 3 heterocycles. The first-order chi connectivity index (χ1) is 10.0. The minimum Gasteiger partial charge on any atom is -0.311 e. The van der Waals surface area contributed by atoms with Gasteiger partial charge in [0.15, 0.2) is 5.65 Å². The Morgan fingerprint density at radius 3 is 2.81 bits per heavy atom. The normalized spacial score (nSPS) is 13.0. The number of hydrogen-bond acceptors (Lipinski definition) is 3. The van der Waals surface area contributed by atoms with Crippen molar-refractivity contribution in [2.24, 2.45) is 7.05 Å². The van der Waals surface area contributed by atoms with Gasteiger partial charge in [0, 0.05) is 26.0 Å². The third-order valence-corrected chi connectivity index (χ3v) is 3.72. The van der Waals surface area contributed by atoms with Crippen molar-refractivity contribution in [2.45, 2.75) is 25.3 Å². The van der Waals surface area contributed by atoms with E-state index in [0.717, 1.165) is 30.0 Å². The van der Waals surface area contributed by atoms with E-state index >= 15 is 0 Å². The summed E-state index contributed by atoms with van der Waals surface area (Å²) in [5.74, 6) is 0.810. The number of alkyl halides is 1. The number of halogens is 2. The Labute approximate surface area is 132 Å². The first kappa shape index (κ1) is 14.4. The van der Waals surface area contributed by atoms with Crippen molar-refractivity contribution in [1.82, 2.24) is 24.3 Å². The molecule has 0 fully saturated rings. The van der Waals surface area contributed by atoms with Gasteiger partial charge in [-0.3, -0.25) is 4.68 Å². The molecule has 110 valence electrons. The molecule has 0 bridgehead atoms. The molecule has 0 aliphatic rings. The summed E-state index contributed by atoms with van der Waals surface area (Å²) in [6, 6.07) is 1.81. The predicted octanol–water partition coefficient (Wildman–Crippen LogP) is 3.36. The minimum absolute atomic E-state index is 0.188. The smallest absolute Gasteiger partial charge is 0.160 e. The topological polar surface area (TPSA) is 48.5 Å². The summed E-state index contributed by atoms with van der Waals surface area (Å²) in [4.78, 5) is 8.94. The molecule has 3 aromatic heterocycles. The van der Waals surface area contributed by atoms with E-state index in [1.54, 1.807) is 10.9 Å². The van der Waals surface area contributed by atoms with E-state index in [9.17, 15) is 0 Å². The van der Waals surface area contributed by atoms with Crippen LogP contribution in [-0.2, 0) is 20.0 Å². The molecule has 7 heteroatoms. The summed E-state index contributed by atoms with van der Waals surface area (Å²) in [7, 11) is 1.91. The zero-order valence-corrected chi connectivity index (χ0v) is 13.3. The van der Waals surface area contributed by atoms with Crippen LogP contribution in [0.5, 0.6) is 0 Å². The molecule has 0 saturated heterocycles. The molecule has 3 rings (SSSR count). The number of fused-ring (bicyclic) bond motifs is 1. The van der Waals surface area contributed by atoms with Crippen LogP contribution in [0.25, 0.3) is 11.2 Å². The van der Waals surface area contributed by atoms with Crippen molar-refractivity contribution < 1.29 is 0 Å². The number of pyridine rings is 1. The van der Waals surface area contributed by atoms with E-state index in [4.69, 9.17) is 23.2 Å². The molecule has 0 amide bonds. The average molecular weight is 324 g/mol. The van der Waals surface area contributed by atoms with E-state index in [2.05, 4.69) is 19.6 Å². The monoisotopic (exact) mass is 323 g/mol. The zero-order valence-electron chi connectivity index (χ0n) is 11.8. The lowest BCUT2D eigenvalue weighted by molar-refractivity contribution is 0.662. The molecule has 0 N–H and O–H groups in total. The van der Waals surface area contributed by atoms with Crippen LogP contribution in [0.3, 0.4) is 0 Å². The Morgan fingerprint density at radius 1 is 1.33 bits per heavy atom. The van der Waals surface area contributed by atoms with Crippen molar-refractivity contribution in [3.05, 3.63) is 41.1 Å². The van der Waals surface area contributed by atoms with Crippen LogP contribution in [0.15, 0.2) is 24.7 Å². The number of rotatable bonds is 4. The van der Waals surface area contributed by atoms with Crippen molar-refractivity contribution in [3.63, 3.8) is 0 Å². The fourth-order valence-electron chi connectivity index (χ4n) is 2.37. The summed E-state index contributed by atoms with van der Waals surface area (Å²) < 4.78 is 3.85. The van der Waals surface area contributed by atoms with Gasteiger partial charge in [-0.1, -0.05) is 11.6 Å².